The molecule has 1 aromatic heterocycles. The second kappa shape index (κ2) is 5.89. The molecule has 0 bridgehead atoms. The number of ether oxygens (including phenoxy) is 1. The SMILES string of the molecule is COc1ccccc1-c1cc2c(N=O)c(O)[nH]c2c2c1CCN(C)C2. The van der Waals surface area contributed by atoms with Crippen LogP contribution in [0, 0.1) is 4.91 Å². The first kappa shape index (κ1) is 15.7. The zero-order chi connectivity index (χ0) is 17.6. The van der Waals surface area contributed by atoms with Gasteiger partial charge in [0.15, 0.2) is 5.69 Å². The number of methoxy groups -OCH3 is 1. The highest BCUT2D eigenvalue weighted by molar-refractivity contribution is 6.00. The maximum atomic E-state index is 11.2. The number of aromatic amines is 1. The van der Waals surface area contributed by atoms with Crippen LogP contribution in [0.1, 0.15) is 11.1 Å². The third-order valence-electron chi connectivity index (χ3n) is 4.93. The van der Waals surface area contributed by atoms with Gasteiger partial charge in [-0.15, -0.1) is 4.91 Å². The van der Waals surface area contributed by atoms with Gasteiger partial charge in [-0.3, -0.25) is 0 Å². The maximum absolute atomic E-state index is 11.2. The lowest BCUT2D eigenvalue weighted by atomic mass is 9.88. The summed E-state index contributed by atoms with van der Waals surface area (Å²) < 4.78 is 5.53. The molecule has 0 unspecified atom stereocenters. The summed E-state index contributed by atoms with van der Waals surface area (Å²) in [5.74, 6) is 0.598. The summed E-state index contributed by atoms with van der Waals surface area (Å²) in [6.45, 7) is 1.69. The highest BCUT2D eigenvalue weighted by atomic mass is 16.5. The molecule has 0 saturated carbocycles. The third kappa shape index (κ3) is 2.37. The molecule has 0 saturated heterocycles. The summed E-state index contributed by atoms with van der Waals surface area (Å²) in [4.78, 5) is 16.4. The van der Waals surface area contributed by atoms with Gasteiger partial charge >= 0.3 is 0 Å². The summed E-state index contributed by atoms with van der Waals surface area (Å²) in [5, 5.41) is 13.7. The lowest BCUT2D eigenvalue weighted by Crippen LogP contribution is -2.27. The van der Waals surface area contributed by atoms with Crippen LogP contribution < -0.4 is 4.74 Å². The molecule has 6 heteroatoms. The Balaban J connectivity index is 2.09. The average Bonchev–Trinajstić information content (AvgIpc) is 2.96. The summed E-state index contributed by atoms with van der Waals surface area (Å²) >= 11 is 0. The highest BCUT2D eigenvalue weighted by Gasteiger charge is 2.25. The van der Waals surface area contributed by atoms with Gasteiger partial charge < -0.3 is 19.7 Å². The van der Waals surface area contributed by atoms with Crippen LogP contribution in [0.2, 0.25) is 0 Å². The van der Waals surface area contributed by atoms with Crippen LogP contribution in [-0.4, -0.2) is 35.7 Å². The van der Waals surface area contributed by atoms with Crippen molar-refractivity contribution in [2.24, 2.45) is 5.18 Å². The molecule has 0 atom stereocenters. The van der Waals surface area contributed by atoms with Crippen molar-refractivity contribution < 1.29 is 9.84 Å². The largest absolute Gasteiger partial charge is 0.496 e. The molecular formula is C19H19N3O3. The fraction of sp³-hybridized carbons (Fsp3) is 0.263. The van der Waals surface area contributed by atoms with E-state index in [1.807, 2.05) is 30.3 Å². The van der Waals surface area contributed by atoms with Gasteiger partial charge in [-0.1, -0.05) is 18.2 Å². The summed E-state index contributed by atoms with van der Waals surface area (Å²) in [6.07, 6.45) is 0.888. The van der Waals surface area contributed by atoms with Crippen LogP contribution in [0.25, 0.3) is 22.0 Å². The number of fused-ring (bicyclic) bond motifs is 3. The Bertz CT molecular complexity index is 978. The molecule has 3 aromatic rings. The smallest absolute Gasteiger partial charge is 0.219 e. The van der Waals surface area contributed by atoms with E-state index < -0.39 is 0 Å². The number of aromatic nitrogens is 1. The number of hydrogen-bond acceptors (Lipinski definition) is 5. The molecule has 25 heavy (non-hydrogen) atoms. The first-order valence-corrected chi connectivity index (χ1v) is 8.18. The number of hydrogen-bond donors (Lipinski definition) is 2. The number of H-pyrrole nitrogens is 1. The van der Waals surface area contributed by atoms with Crippen molar-refractivity contribution in [3.05, 3.63) is 46.4 Å². The molecule has 1 aliphatic heterocycles. The quantitative estimate of drug-likeness (QED) is 0.710. The first-order chi connectivity index (χ1) is 12.1. The molecule has 0 fully saturated rings. The monoisotopic (exact) mass is 337 g/mol. The number of likely N-dealkylation sites (N-methyl/N-ethyl adjacent to an activating group) is 1. The summed E-state index contributed by atoms with van der Waals surface area (Å²) in [6, 6.07) is 9.77. The maximum Gasteiger partial charge on any atom is 0.219 e. The predicted octanol–water partition coefficient (Wildman–Crippen LogP) is 3.93. The Hall–Kier alpha value is -2.86. The fourth-order valence-corrected chi connectivity index (χ4v) is 3.73. The predicted molar refractivity (Wildman–Crippen MR) is 97.4 cm³/mol. The minimum absolute atomic E-state index is 0.0576. The second-order valence-corrected chi connectivity index (χ2v) is 6.41. The van der Waals surface area contributed by atoms with Crippen molar-refractivity contribution >= 4 is 16.6 Å². The van der Waals surface area contributed by atoms with Gasteiger partial charge in [0.05, 0.1) is 12.6 Å². The zero-order valence-corrected chi connectivity index (χ0v) is 14.2. The van der Waals surface area contributed by atoms with Gasteiger partial charge in [-0.05, 0) is 47.5 Å². The van der Waals surface area contributed by atoms with Gasteiger partial charge in [-0.25, -0.2) is 0 Å². The molecule has 6 nitrogen and oxygen atoms in total. The lowest BCUT2D eigenvalue weighted by molar-refractivity contribution is 0.314. The molecule has 1 aliphatic rings. The molecular weight excluding hydrogens is 318 g/mol. The van der Waals surface area contributed by atoms with Gasteiger partial charge in [0.1, 0.15) is 5.75 Å². The Morgan fingerprint density at radius 2 is 2.04 bits per heavy atom. The number of nitrogens with one attached hydrogen (secondary N) is 1. The molecule has 0 amide bonds. The molecule has 0 radical (unpaired) electrons. The number of nitrogens with zero attached hydrogens (tertiary/aromatic N) is 2. The Labute approximate surface area is 145 Å². The van der Waals surface area contributed by atoms with Crippen LogP contribution in [-0.2, 0) is 13.0 Å². The zero-order valence-electron chi connectivity index (χ0n) is 14.2. The van der Waals surface area contributed by atoms with Crippen molar-refractivity contribution in [2.45, 2.75) is 13.0 Å². The van der Waals surface area contributed by atoms with E-state index in [1.165, 1.54) is 5.56 Å². The normalized spacial score (nSPS) is 14.5. The van der Waals surface area contributed by atoms with Gasteiger partial charge in [0, 0.05) is 24.0 Å². The van der Waals surface area contributed by atoms with Crippen molar-refractivity contribution in [3.8, 4) is 22.8 Å². The Kier molecular flexibility index (Phi) is 3.69. The molecule has 2 heterocycles. The van der Waals surface area contributed by atoms with Crippen molar-refractivity contribution in [2.75, 3.05) is 20.7 Å². The molecule has 2 N–H and O–H groups in total. The van der Waals surface area contributed by atoms with Crippen LogP contribution in [0.4, 0.5) is 5.69 Å². The average molecular weight is 337 g/mol. The Morgan fingerprint density at radius 1 is 1.24 bits per heavy atom. The number of rotatable bonds is 3. The molecule has 0 spiro atoms. The highest BCUT2D eigenvalue weighted by Crippen LogP contribution is 2.44. The van der Waals surface area contributed by atoms with Gasteiger partial charge in [-0.2, -0.15) is 0 Å². The number of para-hydroxylation sites is 1. The minimum Gasteiger partial charge on any atom is -0.496 e. The van der Waals surface area contributed by atoms with Crippen LogP contribution in [0.15, 0.2) is 35.5 Å². The standard InChI is InChI=1S/C19H19N3O3/c1-22-8-7-11-13(12-5-3-4-6-16(12)25-2)9-14-17(15(11)10-22)20-19(23)18(14)21-24/h3-6,9,20,23H,7-8,10H2,1-2H3. The van der Waals surface area contributed by atoms with E-state index in [-0.39, 0.29) is 11.6 Å². The van der Waals surface area contributed by atoms with E-state index in [2.05, 4.69) is 22.1 Å². The lowest BCUT2D eigenvalue weighted by Gasteiger charge is -2.28. The topological polar surface area (TPSA) is 77.9 Å². The number of aromatic hydroxyl groups is 1. The molecule has 0 aliphatic carbocycles. The van der Waals surface area contributed by atoms with Crippen molar-refractivity contribution in [1.82, 2.24) is 9.88 Å². The third-order valence-corrected chi connectivity index (χ3v) is 4.93. The second-order valence-electron chi connectivity index (χ2n) is 6.41. The van der Waals surface area contributed by atoms with Crippen LogP contribution in [0.3, 0.4) is 0 Å². The van der Waals surface area contributed by atoms with Gasteiger partial charge in [0.2, 0.25) is 5.88 Å². The minimum atomic E-state index is -0.183. The van der Waals surface area contributed by atoms with E-state index in [4.69, 9.17) is 4.74 Å². The van der Waals surface area contributed by atoms with E-state index in [9.17, 15) is 10.0 Å². The van der Waals surface area contributed by atoms with E-state index >= 15 is 0 Å². The summed E-state index contributed by atoms with van der Waals surface area (Å²) in [5.41, 5.74) is 5.16. The van der Waals surface area contributed by atoms with Crippen LogP contribution in [0.5, 0.6) is 11.6 Å². The molecule has 4 rings (SSSR count). The Morgan fingerprint density at radius 3 is 2.80 bits per heavy atom. The molecule has 2 aromatic carbocycles. The van der Waals surface area contributed by atoms with E-state index in [1.54, 1.807) is 7.11 Å². The first-order valence-electron chi connectivity index (χ1n) is 8.18. The molecule has 128 valence electrons. The number of nitroso groups, excluding NO2 is 1. The number of benzene rings is 2. The fourth-order valence-electron chi connectivity index (χ4n) is 3.73. The van der Waals surface area contributed by atoms with Crippen molar-refractivity contribution in [3.63, 3.8) is 0 Å². The van der Waals surface area contributed by atoms with E-state index in [0.717, 1.165) is 47.5 Å². The summed E-state index contributed by atoms with van der Waals surface area (Å²) in [7, 11) is 3.71. The van der Waals surface area contributed by atoms with Crippen molar-refractivity contribution in [1.29, 1.82) is 0 Å². The van der Waals surface area contributed by atoms with Crippen LogP contribution >= 0.6 is 0 Å². The van der Waals surface area contributed by atoms with Gasteiger partial charge in [0.25, 0.3) is 0 Å². The van der Waals surface area contributed by atoms with E-state index in [0.29, 0.717) is 5.39 Å².